The number of aliphatic hydroxyl groups excluding tert-OH is 1. The number of aromatic nitrogens is 2. The summed E-state index contributed by atoms with van der Waals surface area (Å²) in [4.78, 5) is 39.6. The summed E-state index contributed by atoms with van der Waals surface area (Å²) in [7, 11) is 0. The monoisotopic (exact) mass is 402 g/mol. The Balaban J connectivity index is 1.63. The Morgan fingerprint density at radius 3 is 2.50 bits per heavy atom. The van der Waals surface area contributed by atoms with E-state index in [1.807, 2.05) is 0 Å². The maximum atomic E-state index is 12.3. The second-order valence-corrected chi connectivity index (χ2v) is 7.41. The van der Waals surface area contributed by atoms with Gasteiger partial charge in [0.2, 0.25) is 11.8 Å². The Kier molecular flexibility index (Phi) is 6.48. The van der Waals surface area contributed by atoms with E-state index in [1.54, 1.807) is 24.3 Å². The highest BCUT2D eigenvalue weighted by molar-refractivity contribution is 8.00. The fourth-order valence-electron chi connectivity index (χ4n) is 3.21. The number of anilines is 2. The van der Waals surface area contributed by atoms with Crippen LogP contribution in [-0.4, -0.2) is 38.8 Å². The molecule has 0 fully saturated rings. The van der Waals surface area contributed by atoms with Gasteiger partial charge in [-0.3, -0.25) is 14.2 Å². The van der Waals surface area contributed by atoms with E-state index in [-0.39, 0.29) is 36.4 Å². The SMILES string of the molecule is CC(=O)Nc1ccc(NC(=O)CSc2nc(=O)n(CCO)c3c2CCC3)cc1. The van der Waals surface area contributed by atoms with Crippen molar-refractivity contribution in [1.82, 2.24) is 9.55 Å². The first-order valence-corrected chi connectivity index (χ1v) is 10.00. The number of fused-ring (bicyclic) bond motifs is 1. The van der Waals surface area contributed by atoms with Gasteiger partial charge >= 0.3 is 5.69 Å². The quantitative estimate of drug-likeness (QED) is 0.477. The van der Waals surface area contributed by atoms with Gasteiger partial charge in [-0.15, -0.1) is 0 Å². The number of carbonyl (C=O) groups is 2. The Labute approximate surface area is 166 Å². The van der Waals surface area contributed by atoms with E-state index >= 15 is 0 Å². The van der Waals surface area contributed by atoms with Gasteiger partial charge in [-0.05, 0) is 43.5 Å². The molecule has 9 heteroatoms. The first kappa shape index (κ1) is 20.1. The summed E-state index contributed by atoms with van der Waals surface area (Å²) in [5.41, 5.74) is 2.82. The summed E-state index contributed by atoms with van der Waals surface area (Å²) < 4.78 is 1.53. The number of hydrogen-bond donors (Lipinski definition) is 3. The van der Waals surface area contributed by atoms with Crippen LogP contribution < -0.4 is 16.3 Å². The first-order valence-electron chi connectivity index (χ1n) is 9.01. The van der Waals surface area contributed by atoms with Crippen LogP contribution in [0.1, 0.15) is 24.6 Å². The summed E-state index contributed by atoms with van der Waals surface area (Å²) in [5, 5.41) is 15.2. The van der Waals surface area contributed by atoms with Gasteiger partial charge in [-0.25, -0.2) is 4.79 Å². The lowest BCUT2D eigenvalue weighted by atomic mass is 10.2. The Bertz CT molecular complexity index is 940. The van der Waals surface area contributed by atoms with Crippen LogP contribution >= 0.6 is 11.8 Å². The van der Waals surface area contributed by atoms with E-state index in [0.717, 1.165) is 30.5 Å². The molecular formula is C19H22N4O4S. The van der Waals surface area contributed by atoms with Crippen LogP contribution in [0.2, 0.25) is 0 Å². The molecule has 8 nitrogen and oxygen atoms in total. The standard InChI is InChI=1S/C19H22N4O4S/c1-12(25)20-13-5-7-14(8-6-13)21-17(26)11-28-18-15-3-2-4-16(15)23(9-10-24)19(27)22-18/h5-8,24H,2-4,9-11H2,1H3,(H,20,25)(H,21,26). The summed E-state index contributed by atoms with van der Waals surface area (Å²) >= 11 is 1.25. The van der Waals surface area contributed by atoms with Crippen molar-refractivity contribution in [3.8, 4) is 0 Å². The van der Waals surface area contributed by atoms with Gasteiger partial charge < -0.3 is 15.7 Å². The van der Waals surface area contributed by atoms with Crippen molar-refractivity contribution in [3.05, 3.63) is 46.0 Å². The largest absolute Gasteiger partial charge is 0.395 e. The smallest absolute Gasteiger partial charge is 0.348 e. The summed E-state index contributed by atoms with van der Waals surface area (Å²) in [6, 6.07) is 6.83. The lowest BCUT2D eigenvalue weighted by Gasteiger charge is -2.13. The van der Waals surface area contributed by atoms with Crippen molar-refractivity contribution in [2.45, 2.75) is 37.8 Å². The van der Waals surface area contributed by atoms with Gasteiger partial charge in [-0.2, -0.15) is 4.98 Å². The highest BCUT2D eigenvalue weighted by atomic mass is 32.2. The first-order chi connectivity index (χ1) is 13.5. The predicted molar refractivity (Wildman–Crippen MR) is 108 cm³/mol. The number of rotatable bonds is 7. The molecule has 0 aliphatic heterocycles. The molecule has 148 valence electrons. The summed E-state index contributed by atoms with van der Waals surface area (Å²) in [6.07, 6.45) is 2.54. The molecule has 0 unspecified atom stereocenters. The van der Waals surface area contributed by atoms with Crippen LogP contribution in [0.3, 0.4) is 0 Å². The molecule has 0 saturated carbocycles. The van der Waals surface area contributed by atoms with Crippen molar-refractivity contribution >= 4 is 35.0 Å². The van der Waals surface area contributed by atoms with E-state index < -0.39 is 0 Å². The van der Waals surface area contributed by atoms with Gasteiger partial charge in [0, 0.05) is 29.6 Å². The lowest BCUT2D eigenvalue weighted by molar-refractivity contribution is -0.114. The molecule has 2 amide bonds. The van der Waals surface area contributed by atoms with Gasteiger partial charge in [0.15, 0.2) is 0 Å². The van der Waals surface area contributed by atoms with Crippen LogP contribution in [0.5, 0.6) is 0 Å². The zero-order chi connectivity index (χ0) is 20.1. The second kappa shape index (κ2) is 9.03. The number of carbonyl (C=O) groups excluding carboxylic acids is 2. The van der Waals surface area contributed by atoms with Gasteiger partial charge in [0.05, 0.1) is 18.9 Å². The Morgan fingerprint density at radius 2 is 1.86 bits per heavy atom. The molecule has 1 heterocycles. The minimum atomic E-state index is -0.383. The molecule has 0 spiro atoms. The molecule has 1 aromatic carbocycles. The third-order valence-electron chi connectivity index (χ3n) is 4.35. The van der Waals surface area contributed by atoms with E-state index in [4.69, 9.17) is 5.11 Å². The molecule has 28 heavy (non-hydrogen) atoms. The molecule has 0 saturated heterocycles. The maximum Gasteiger partial charge on any atom is 0.348 e. The fourth-order valence-corrected chi connectivity index (χ4v) is 4.08. The highest BCUT2D eigenvalue weighted by Gasteiger charge is 2.22. The molecule has 2 aromatic rings. The lowest BCUT2D eigenvalue weighted by Crippen LogP contribution is -2.28. The highest BCUT2D eigenvalue weighted by Crippen LogP contribution is 2.29. The van der Waals surface area contributed by atoms with Gasteiger partial charge in [0.1, 0.15) is 5.03 Å². The molecular weight excluding hydrogens is 380 g/mol. The Morgan fingerprint density at radius 1 is 1.18 bits per heavy atom. The average molecular weight is 402 g/mol. The van der Waals surface area contributed by atoms with E-state index in [1.165, 1.54) is 23.3 Å². The van der Waals surface area contributed by atoms with Crippen molar-refractivity contribution in [2.75, 3.05) is 23.0 Å². The van der Waals surface area contributed by atoms with Crippen LogP contribution in [0.25, 0.3) is 0 Å². The molecule has 0 radical (unpaired) electrons. The van der Waals surface area contributed by atoms with Crippen molar-refractivity contribution in [1.29, 1.82) is 0 Å². The van der Waals surface area contributed by atoms with E-state index in [0.29, 0.717) is 16.4 Å². The topological polar surface area (TPSA) is 113 Å². The minimum Gasteiger partial charge on any atom is -0.395 e. The second-order valence-electron chi connectivity index (χ2n) is 6.45. The van der Waals surface area contributed by atoms with Gasteiger partial charge in [0.25, 0.3) is 0 Å². The third kappa shape index (κ3) is 4.79. The predicted octanol–water partition coefficient (Wildman–Crippen LogP) is 1.41. The van der Waals surface area contributed by atoms with E-state index in [9.17, 15) is 14.4 Å². The molecule has 0 bridgehead atoms. The number of benzene rings is 1. The van der Waals surface area contributed by atoms with Crippen LogP contribution in [0, 0.1) is 0 Å². The van der Waals surface area contributed by atoms with Crippen LogP contribution in [0.15, 0.2) is 34.1 Å². The zero-order valence-electron chi connectivity index (χ0n) is 15.5. The van der Waals surface area contributed by atoms with Gasteiger partial charge in [-0.1, -0.05) is 11.8 Å². The number of aliphatic hydroxyl groups is 1. The molecule has 1 aromatic heterocycles. The molecule has 1 aliphatic carbocycles. The minimum absolute atomic E-state index is 0.107. The maximum absolute atomic E-state index is 12.3. The zero-order valence-corrected chi connectivity index (χ0v) is 16.3. The van der Waals surface area contributed by atoms with Crippen LogP contribution in [0.4, 0.5) is 11.4 Å². The molecule has 0 atom stereocenters. The third-order valence-corrected chi connectivity index (χ3v) is 5.37. The molecule has 3 rings (SSSR count). The average Bonchev–Trinajstić information content (AvgIpc) is 3.14. The van der Waals surface area contributed by atoms with Crippen molar-refractivity contribution in [2.24, 2.45) is 0 Å². The van der Waals surface area contributed by atoms with E-state index in [2.05, 4.69) is 15.6 Å². The normalized spacial score (nSPS) is 12.5. The van der Waals surface area contributed by atoms with Crippen molar-refractivity contribution in [3.63, 3.8) is 0 Å². The number of amides is 2. The van der Waals surface area contributed by atoms with Crippen LogP contribution in [-0.2, 0) is 29.0 Å². The summed E-state index contributed by atoms with van der Waals surface area (Å²) in [5.74, 6) is -0.226. The number of nitrogens with one attached hydrogen (secondary N) is 2. The molecule has 1 aliphatic rings. The number of thioether (sulfide) groups is 1. The molecule has 3 N–H and O–H groups in total. The number of hydrogen-bond acceptors (Lipinski definition) is 6. The van der Waals surface area contributed by atoms with Crippen molar-refractivity contribution < 1.29 is 14.7 Å². The Hall–Kier alpha value is -2.65. The summed E-state index contributed by atoms with van der Waals surface area (Å²) in [6.45, 7) is 1.57. The fraction of sp³-hybridized carbons (Fsp3) is 0.368. The number of nitrogens with zero attached hydrogens (tertiary/aromatic N) is 2.